The zero-order valence-corrected chi connectivity index (χ0v) is 17.4. The molecule has 1 aliphatic heterocycles. The van der Waals surface area contributed by atoms with E-state index in [-0.39, 0.29) is 11.4 Å². The third kappa shape index (κ3) is 4.70. The Hall–Kier alpha value is -3.92. The normalized spacial score (nSPS) is 14.1. The number of nitrogens with zero attached hydrogens (tertiary/aromatic N) is 3. The molecule has 166 valence electrons. The van der Waals surface area contributed by atoms with E-state index in [1.165, 1.54) is 18.3 Å². The maximum Gasteiger partial charge on any atom is 0.307 e. The minimum absolute atomic E-state index is 0.0582. The number of nitro benzene ring substituents is 1. The lowest BCUT2D eigenvalue weighted by molar-refractivity contribution is -0.384. The van der Waals surface area contributed by atoms with Crippen molar-refractivity contribution in [2.24, 2.45) is 5.10 Å². The van der Waals surface area contributed by atoms with Gasteiger partial charge < -0.3 is 18.8 Å². The molecule has 0 atom stereocenters. The number of nitrogens with one attached hydrogen (secondary N) is 1. The minimum atomic E-state index is -0.534. The van der Waals surface area contributed by atoms with Crippen LogP contribution in [0.15, 0.2) is 52.0 Å². The van der Waals surface area contributed by atoms with Gasteiger partial charge >= 0.3 is 5.91 Å². The van der Waals surface area contributed by atoms with Crippen LogP contribution in [0.3, 0.4) is 0 Å². The van der Waals surface area contributed by atoms with Crippen molar-refractivity contribution in [2.75, 3.05) is 37.8 Å². The first-order valence-electron chi connectivity index (χ1n) is 10.2. The lowest BCUT2D eigenvalue weighted by Crippen LogP contribution is -2.36. The number of hydrogen-bond donors (Lipinski definition) is 1. The quantitative estimate of drug-likeness (QED) is 0.341. The molecule has 10 nitrogen and oxygen atoms in total. The predicted molar refractivity (Wildman–Crippen MR) is 119 cm³/mol. The summed E-state index contributed by atoms with van der Waals surface area (Å²) in [5.41, 5.74) is 4.22. The highest BCUT2D eigenvalue weighted by Gasteiger charge is 2.18. The van der Waals surface area contributed by atoms with Gasteiger partial charge in [-0.25, -0.2) is 5.43 Å². The lowest BCUT2D eigenvalue weighted by atomic mass is 10.1. The fourth-order valence-electron chi connectivity index (χ4n) is 3.46. The maximum absolute atomic E-state index is 12.5. The summed E-state index contributed by atoms with van der Waals surface area (Å²) < 4.78 is 16.4. The molecule has 1 saturated heterocycles. The number of hydrogen-bond acceptors (Lipinski definition) is 8. The number of rotatable bonds is 7. The van der Waals surface area contributed by atoms with E-state index in [1.54, 1.807) is 30.3 Å². The van der Waals surface area contributed by atoms with E-state index in [0.717, 1.165) is 11.1 Å². The highest BCUT2D eigenvalue weighted by molar-refractivity contribution is 5.97. The summed E-state index contributed by atoms with van der Waals surface area (Å²) in [6.45, 7) is 4.89. The molecule has 1 aromatic heterocycles. The second-order valence-electron chi connectivity index (χ2n) is 7.04. The SMILES string of the molecule is CCOc1ccc2oc(C(=O)N/N=C\c3cc([N+](=O)[O-])ccc3N3CCOCC3)cc2c1. The molecule has 4 rings (SSSR count). The van der Waals surface area contributed by atoms with Crippen LogP contribution in [0, 0.1) is 10.1 Å². The van der Waals surface area contributed by atoms with Gasteiger partial charge in [-0.2, -0.15) is 5.10 Å². The summed E-state index contributed by atoms with van der Waals surface area (Å²) in [5, 5.41) is 15.9. The summed E-state index contributed by atoms with van der Waals surface area (Å²) in [6.07, 6.45) is 1.39. The second kappa shape index (κ2) is 9.48. The average molecular weight is 438 g/mol. The van der Waals surface area contributed by atoms with E-state index < -0.39 is 10.8 Å². The van der Waals surface area contributed by atoms with E-state index in [1.807, 2.05) is 6.92 Å². The van der Waals surface area contributed by atoms with Crippen molar-refractivity contribution >= 4 is 34.5 Å². The van der Waals surface area contributed by atoms with E-state index in [2.05, 4.69) is 15.4 Å². The van der Waals surface area contributed by atoms with Crippen molar-refractivity contribution in [1.82, 2.24) is 5.43 Å². The lowest BCUT2D eigenvalue weighted by Gasteiger charge is -2.29. The first kappa shape index (κ1) is 21.3. The molecule has 0 aliphatic carbocycles. The van der Waals surface area contributed by atoms with Gasteiger partial charge in [-0.3, -0.25) is 14.9 Å². The van der Waals surface area contributed by atoms with Crippen LogP contribution in [0.2, 0.25) is 0 Å². The molecular weight excluding hydrogens is 416 g/mol. The largest absolute Gasteiger partial charge is 0.494 e. The van der Waals surface area contributed by atoms with Gasteiger partial charge in [0.2, 0.25) is 0 Å². The molecule has 0 bridgehead atoms. The Labute approximate surface area is 183 Å². The van der Waals surface area contributed by atoms with Gasteiger partial charge in [0.25, 0.3) is 5.69 Å². The monoisotopic (exact) mass is 438 g/mol. The van der Waals surface area contributed by atoms with Crippen molar-refractivity contribution in [3.63, 3.8) is 0 Å². The predicted octanol–water partition coefficient (Wildman–Crippen LogP) is 3.34. The van der Waals surface area contributed by atoms with Crippen molar-refractivity contribution in [3.8, 4) is 5.75 Å². The topological polar surface area (TPSA) is 119 Å². The molecule has 1 aliphatic rings. The number of carbonyl (C=O) groups excluding carboxylic acids is 1. The summed E-state index contributed by atoms with van der Waals surface area (Å²) in [4.78, 5) is 25.3. The molecule has 2 heterocycles. The summed E-state index contributed by atoms with van der Waals surface area (Å²) in [5.74, 6) is 0.249. The number of carbonyl (C=O) groups is 1. The number of hydrazone groups is 1. The van der Waals surface area contributed by atoms with Gasteiger partial charge in [-0.1, -0.05) is 0 Å². The highest BCUT2D eigenvalue weighted by Crippen LogP contribution is 2.26. The van der Waals surface area contributed by atoms with Crippen molar-refractivity contribution < 1.29 is 23.6 Å². The number of anilines is 1. The Kier molecular flexibility index (Phi) is 6.31. The Balaban J connectivity index is 1.52. The molecule has 1 amide bonds. The average Bonchev–Trinajstić information content (AvgIpc) is 3.23. The summed E-state index contributed by atoms with van der Waals surface area (Å²) in [6, 6.07) is 11.5. The van der Waals surface area contributed by atoms with Gasteiger partial charge in [0.1, 0.15) is 11.3 Å². The van der Waals surface area contributed by atoms with E-state index in [4.69, 9.17) is 13.9 Å². The molecule has 10 heteroatoms. The summed E-state index contributed by atoms with van der Waals surface area (Å²) >= 11 is 0. The maximum atomic E-state index is 12.5. The molecule has 2 aromatic carbocycles. The molecule has 32 heavy (non-hydrogen) atoms. The molecule has 3 aromatic rings. The van der Waals surface area contributed by atoms with Crippen molar-refractivity contribution in [1.29, 1.82) is 0 Å². The fraction of sp³-hybridized carbons (Fsp3) is 0.273. The third-order valence-electron chi connectivity index (χ3n) is 4.97. The zero-order valence-electron chi connectivity index (χ0n) is 17.4. The fourth-order valence-corrected chi connectivity index (χ4v) is 3.46. The standard InChI is InChI=1S/C22H22N4O6/c1-2-31-18-4-6-20-15(12-18)13-21(32-20)22(27)24-23-14-16-11-17(26(28)29)3-5-19(16)25-7-9-30-10-8-25/h3-6,11-14H,2,7-10H2,1H3,(H,24,27)/b23-14-. The first-order chi connectivity index (χ1) is 15.5. The Morgan fingerprint density at radius 3 is 2.81 bits per heavy atom. The highest BCUT2D eigenvalue weighted by atomic mass is 16.6. The number of nitro groups is 1. The first-order valence-corrected chi connectivity index (χ1v) is 10.2. The molecule has 0 saturated carbocycles. The number of non-ortho nitro benzene ring substituents is 1. The van der Waals surface area contributed by atoms with E-state index in [0.29, 0.717) is 49.8 Å². The number of benzene rings is 2. The van der Waals surface area contributed by atoms with Crippen LogP contribution in [-0.4, -0.2) is 50.0 Å². The Morgan fingerprint density at radius 1 is 1.25 bits per heavy atom. The summed E-state index contributed by atoms with van der Waals surface area (Å²) in [7, 11) is 0. The molecule has 1 fully saturated rings. The van der Waals surface area contributed by atoms with E-state index >= 15 is 0 Å². The molecule has 0 spiro atoms. The van der Waals surface area contributed by atoms with Gasteiger partial charge in [0.15, 0.2) is 5.76 Å². The van der Waals surface area contributed by atoms with Crippen molar-refractivity contribution in [3.05, 3.63) is 63.9 Å². The Morgan fingerprint density at radius 2 is 2.06 bits per heavy atom. The number of amides is 1. The molecule has 0 unspecified atom stereocenters. The minimum Gasteiger partial charge on any atom is -0.494 e. The van der Waals surface area contributed by atoms with Crippen LogP contribution in [0.1, 0.15) is 23.0 Å². The molecule has 1 N–H and O–H groups in total. The van der Waals surface area contributed by atoms with E-state index in [9.17, 15) is 14.9 Å². The van der Waals surface area contributed by atoms with Crippen LogP contribution in [0.25, 0.3) is 11.0 Å². The molecule has 0 radical (unpaired) electrons. The number of furan rings is 1. The van der Waals surface area contributed by atoms with Crippen LogP contribution >= 0.6 is 0 Å². The van der Waals surface area contributed by atoms with Crippen LogP contribution in [-0.2, 0) is 4.74 Å². The van der Waals surface area contributed by atoms with Crippen LogP contribution in [0.4, 0.5) is 11.4 Å². The van der Waals surface area contributed by atoms with Gasteiger partial charge in [0.05, 0.1) is 31.0 Å². The van der Waals surface area contributed by atoms with Gasteiger partial charge in [0, 0.05) is 41.9 Å². The smallest absolute Gasteiger partial charge is 0.307 e. The zero-order chi connectivity index (χ0) is 22.5. The third-order valence-corrected chi connectivity index (χ3v) is 4.97. The van der Waals surface area contributed by atoms with Crippen LogP contribution < -0.4 is 15.1 Å². The number of morpholine rings is 1. The van der Waals surface area contributed by atoms with Crippen LogP contribution in [0.5, 0.6) is 5.75 Å². The van der Waals surface area contributed by atoms with Gasteiger partial charge in [-0.15, -0.1) is 0 Å². The van der Waals surface area contributed by atoms with Gasteiger partial charge in [-0.05, 0) is 37.3 Å². The number of fused-ring (bicyclic) bond motifs is 1. The van der Waals surface area contributed by atoms with Crippen molar-refractivity contribution in [2.45, 2.75) is 6.92 Å². The molecular formula is C22H22N4O6. The second-order valence-corrected chi connectivity index (χ2v) is 7.04. The Bertz CT molecular complexity index is 1170. The number of ether oxygens (including phenoxy) is 2.